The Kier molecular flexibility index (Phi) is 6.81. The molecule has 0 spiro atoms. The van der Waals surface area contributed by atoms with E-state index in [0.717, 1.165) is 10.9 Å². The summed E-state index contributed by atoms with van der Waals surface area (Å²) in [6.07, 6.45) is 0.848. The van der Waals surface area contributed by atoms with Crippen LogP contribution in [0.1, 0.15) is 23.7 Å². The SMILES string of the molecule is CCCNC(=O)c1ccccc1NC(=O)COc1cccc(Br)c1. The van der Waals surface area contributed by atoms with Crippen molar-refractivity contribution in [2.75, 3.05) is 18.5 Å². The highest BCUT2D eigenvalue weighted by Crippen LogP contribution is 2.18. The molecule has 0 fully saturated rings. The minimum Gasteiger partial charge on any atom is -0.484 e. The molecule has 0 unspecified atom stereocenters. The minimum absolute atomic E-state index is 0.138. The van der Waals surface area contributed by atoms with Crippen molar-refractivity contribution in [1.82, 2.24) is 5.32 Å². The van der Waals surface area contributed by atoms with E-state index in [1.807, 2.05) is 19.1 Å². The molecule has 126 valence electrons. The third kappa shape index (κ3) is 5.38. The molecule has 2 rings (SSSR count). The maximum atomic E-state index is 12.1. The van der Waals surface area contributed by atoms with Gasteiger partial charge < -0.3 is 15.4 Å². The van der Waals surface area contributed by atoms with Crippen LogP contribution in [0.4, 0.5) is 5.69 Å². The number of benzene rings is 2. The van der Waals surface area contributed by atoms with Crippen LogP contribution >= 0.6 is 15.9 Å². The van der Waals surface area contributed by atoms with Gasteiger partial charge in [-0.25, -0.2) is 0 Å². The Morgan fingerprint density at radius 2 is 1.92 bits per heavy atom. The van der Waals surface area contributed by atoms with Crippen molar-refractivity contribution in [3.05, 3.63) is 58.6 Å². The van der Waals surface area contributed by atoms with Crippen molar-refractivity contribution in [1.29, 1.82) is 0 Å². The van der Waals surface area contributed by atoms with Crippen molar-refractivity contribution in [3.63, 3.8) is 0 Å². The van der Waals surface area contributed by atoms with E-state index in [4.69, 9.17) is 4.74 Å². The maximum Gasteiger partial charge on any atom is 0.262 e. The molecule has 24 heavy (non-hydrogen) atoms. The molecule has 0 radical (unpaired) electrons. The number of hydrogen-bond donors (Lipinski definition) is 2. The number of amides is 2. The van der Waals surface area contributed by atoms with Crippen LogP contribution < -0.4 is 15.4 Å². The molecule has 2 aromatic rings. The molecule has 6 heteroatoms. The first kappa shape index (κ1) is 18.0. The van der Waals surface area contributed by atoms with Crippen molar-refractivity contribution < 1.29 is 14.3 Å². The van der Waals surface area contributed by atoms with Crippen LogP contribution in [0.5, 0.6) is 5.75 Å². The molecule has 0 aliphatic heterocycles. The van der Waals surface area contributed by atoms with Gasteiger partial charge in [-0.3, -0.25) is 9.59 Å². The van der Waals surface area contributed by atoms with Crippen LogP contribution in [0.3, 0.4) is 0 Å². The minimum atomic E-state index is -0.328. The summed E-state index contributed by atoms with van der Waals surface area (Å²) in [5.41, 5.74) is 0.899. The number of anilines is 1. The Morgan fingerprint density at radius 3 is 2.67 bits per heavy atom. The van der Waals surface area contributed by atoms with Gasteiger partial charge in [-0.1, -0.05) is 41.1 Å². The highest BCUT2D eigenvalue weighted by molar-refractivity contribution is 9.10. The highest BCUT2D eigenvalue weighted by atomic mass is 79.9. The van der Waals surface area contributed by atoms with Crippen molar-refractivity contribution in [3.8, 4) is 5.75 Å². The number of nitrogens with one attached hydrogen (secondary N) is 2. The molecule has 2 aromatic carbocycles. The second kappa shape index (κ2) is 9.08. The third-order valence-electron chi connectivity index (χ3n) is 3.15. The van der Waals surface area contributed by atoms with Crippen LogP contribution in [0, 0.1) is 0 Å². The molecule has 0 atom stereocenters. The molecule has 0 saturated heterocycles. The quantitative estimate of drug-likeness (QED) is 0.758. The molecule has 2 amide bonds. The maximum absolute atomic E-state index is 12.1. The first-order chi connectivity index (χ1) is 11.6. The van der Waals surface area contributed by atoms with Crippen LogP contribution in [-0.2, 0) is 4.79 Å². The van der Waals surface area contributed by atoms with E-state index in [1.54, 1.807) is 36.4 Å². The lowest BCUT2D eigenvalue weighted by atomic mass is 10.1. The lowest BCUT2D eigenvalue weighted by molar-refractivity contribution is -0.118. The number of carbonyl (C=O) groups excluding carboxylic acids is 2. The first-order valence-electron chi connectivity index (χ1n) is 7.65. The summed E-state index contributed by atoms with van der Waals surface area (Å²) < 4.78 is 6.32. The Bertz CT molecular complexity index is 719. The molecular formula is C18H19BrN2O3. The van der Waals surface area contributed by atoms with Gasteiger partial charge in [0.15, 0.2) is 6.61 Å². The Labute approximate surface area is 149 Å². The van der Waals surface area contributed by atoms with Crippen molar-refractivity contribution >= 4 is 33.4 Å². The predicted octanol–water partition coefficient (Wildman–Crippen LogP) is 3.61. The van der Waals surface area contributed by atoms with Gasteiger partial charge in [0.1, 0.15) is 5.75 Å². The smallest absolute Gasteiger partial charge is 0.262 e. The summed E-state index contributed by atoms with van der Waals surface area (Å²) in [7, 11) is 0. The molecule has 2 N–H and O–H groups in total. The predicted molar refractivity (Wildman–Crippen MR) is 97.3 cm³/mol. The van der Waals surface area contributed by atoms with Gasteiger partial charge in [-0.15, -0.1) is 0 Å². The zero-order valence-electron chi connectivity index (χ0n) is 13.3. The normalized spacial score (nSPS) is 10.1. The summed E-state index contributed by atoms with van der Waals surface area (Å²) in [4.78, 5) is 24.2. The van der Waals surface area contributed by atoms with E-state index in [0.29, 0.717) is 23.5 Å². The Morgan fingerprint density at radius 1 is 1.12 bits per heavy atom. The fourth-order valence-corrected chi connectivity index (χ4v) is 2.39. The number of rotatable bonds is 7. The monoisotopic (exact) mass is 390 g/mol. The average molecular weight is 391 g/mol. The Balaban J connectivity index is 1.97. The molecule has 0 aromatic heterocycles. The van der Waals surface area contributed by atoms with Crippen molar-refractivity contribution in [2.24, 2.45) is 0 Å². The van der Waals surface area contributed by atoms with Crippen LogP contribution in [0.15, 0.2) is 53.0 Å². The summed E-state index contributed by atoms with van der Waals surface area (Å²) in [5, 5.41) is 5.52. The molecule has 0 heterocycles. The van der Waals surface area contributed by atoms with Gasteiger partial charge in [-0.2, -0.15) is 0 Å². The van der Waals surface area contributed by atoms with E-state index in [1.165, 1.54) is 0 Å². The third-order valence-corrected chi connectivity index (χ3v) is 3.64. The van der Waals surface area contributed by atoms with Gasteiger partial charge in [0.2, 0.25) is 0 Å². The molecule has 0 aliphatic carbocycles. The summed E-state index contributed by atoms with van der Waals surface area (Å²) in [6, 6.07) is 14.1. The van der Waals surface area contributed by atoms with E-state index < -0.39 is 0 Å². The van der Waals surface area contributed by atoms with E-state index in [-0.39, 0.29) is 18.4 Å². The van der Waals surface area contributed by atoms with E-state index in [2.05, 4.69) is 26.6 Å². The van der Waals surface area contributed by atoms with Gasteiger partial charge >= 0.3 is 0 Å². The van der Waals surface area contributed by atoms with Gasteiger partial charge in [0, 0.05) is 11.0 Å². The number of hydrogen-bond acceptors (Lipinski definition) is 3. The average Bonchev–Trinajstić information content (AvgIpc) is 2.58. The van der Waals surface area contributed by atoms with Gasteiger partial charge in [0.25, 0.3) is 11.8 Å². The zero-order chi connectivity index (χ0) is 17.4. The second-order valence-corrected chi connectivity index (χ2v) is 6.01. The summed E-state index contributed by atoms with van der Waals surface area (Å²) in [5.74, 6) is 0.0554. The molecule has 0 aliphatic rings. The van der Waals surface area contributed by atoms with E-state index in [9.17, 15) is 9.59 Å². The highest BCUT2D eigenvalue weighted by Gasteiger charge is 2.12. The number of para-hydroxylation sites is 1. The van der Waals surface area contributed by atoms with Gasteiger partial charge in [-0.05, 0) is 36.8 Å². The lowest BCUT2D eigenvalue weighted by Gasteiger charge is -2.12. The first-order valence-corrected chi connectivity index (χ1v) is 8.45. The van der Waals surface area contributed by atoms with Crippen molar-refractivity contribution in [2.45, 2.75) is 13.3 Å². The standard InChI is InChI=1S/C18H19BrN2O3/c1-2-10-20-18(23)15-8-3-4-9-16(15)21-17(22)12-24-14-7-5-6-13(19)11-14/h3-9,11H,2,10,12H2,1H3,(H,20,23)(H,21,22). The molecule has 5 nitrogen and oxygen atoms in total. The van der Waals surface area contributed by atoms with E-state index >= 15 is 0 Å². The van der Waals surface area contributed by atoms with Crippen LogP contribution in [0.25, 0.3) is 0 Å². The number of ether oxygens (including phenoxy) is 1. The van der Waals surface area contributed by atoms with Gasteiger partial charge in [0.05, 0.1) is 11.3 Å². The number of halogens is 1. The molecule has 0 bridgehead atoms. The topological polar surface area (TPSA) is 67.4 Å². The Hall–Kier alpha value is -2.34. The summed E-state index contributed by atoms with van der Waals surface area (Å²) in [6.45, 7) is 2.43. The van der Waals surface area contributed by atoms with Crippen LogP contribution in [-0.4, -0.2) is 25.0 Å². The molecule has 0 saturated carbocycles. The largest absolute Gasteiger partial charge is 0.484 e. The lowest BCUT2D eigenvalue weighted by Crippen LogP contribution is -2.27. The van der Waals surface area contributed by atoms with Crippen LogP contribution in [0.2, 0.25) is 0 Å². The summed E-state index contributed by atoms with van der Waals surface area (Å²) >= 11 is 3.34. The second-order valence-electron chi connectivity index (χ2n) is 5.10. The number of carbonyl (C=O) groups is 2. The fourth-order valence-electron chi connectivity index (χ4n) is 2.02. The molecular weight excluding hydrogens is 372 g/mol. The fraction of sp³-hybridized carbons (Fsp3) is 0.222. The zero-order valence-corrected chi connectivity index (χ0v) is 14.9.